The van der Waals surface area contributed by atoms with Crippen LogP contribution in [0.4, 0.5) is 0 Å². The number of methoxy groups -OCH3 is 2. The molecule has 0 bridgehead atoms. The fourth-order valence-corrected chi connectivity index (χ4v) is 6.35. The molecule has 0 fully saturated rings. The van der Waals surface area contributed by atoms with Crippen LogP contribution in [0.1, 0.15) is 48.3 Å². The van der Waals surface area contributed by atoms with Crippen molar-refractivity contribution in [2.45, 2.75) is 43.9 Å². The Kier molecular flexibility index (Phi) is 9.30. The van der Waals surface area contributed by atoms with Crippen LogP contribution in [-0.4, -0.2) is 48.7 Å². The van der Waals surface area contributed by atoms with Gasteiger partial charge >= 0.3 is 11.9 Å². The summed E-state index contributed by atoms with van der Waals surface area (Å²) in [6, 6.07) is 25.6. The lowest BCUT2D eigenvalue weighted by atomic mass is 9.58. The first kappa shape index (κ1) is 29.3. The van der Waals surface area contributed by atoms with E-state index in [4.69, 9.17) is 21.1 Å². The van der Waals surface area contributed by atoms with Crippen molar-refractivity contribution >= 4 is 23.5 Å². The first-order valence-corrected chi connectivity index (χ1v) is 13.5. The minimum atomic E-state index is -1.68. The van der Waals surface area contributed by atoms with E-state index in [1.807, 2.05) is 60.7 Å². The molecule has 4 rings (SSSR count). The number of allylic oxidation sites excluding steroid dienone is 1. The smallest absolute Gasteiger partial charge is 0.333 e. The van der Waals surface area contributed by atoms with Crippen LogP contribution in [0.5, 0.6) is 0 Å². The van der Waals surface area contributed by atoms with Crippen LogP contribution in [0, 0.1) is 5.41 Å². The Morgan fingerprint density at radius 2 is 1.50 bits per heavy atom. The topological polar surface area (TPSA) is 105 Å². The molecule has 1 aliphatic heterocycles. The van der Waals surface area contributed by atoms with Crippen molar-refractivity contribution in [2.24, 2.45) is 5.41 Å². The molecule has 0 saturated heterocycles. The number of ether oxygens (including phenoxy) is 2. The van der Waals surface area contributed by atoms with Crippen molar-refractivity contribution in [1.29, 1.82) is 0 Å². The van der Waals surface area contributed by atoms with E-state index in [1.54, 1.807) is 31.2 Å². The molecule has 0 radical (unpaired) electrons. The zero-order valence-electron chi connectivity index (χ0n) is 22.7. The minimum absolute atomic E-state index is 0.0251. The van der Waals surface area contributed by atoms with Gasteiger partial charge in [-0.3, -0.25) is 4.79 Å². The molecule has 3 atom stereocenters. The number of carbonyl (C=O) groups is 2. The molecule has 40 heavy (non-hydrogen) atoms. The number of hydrogen-bond acceptors (Lipinski definition) is 5. The van der Waals surface area contributed by atoms with Crippen LogP contribution in [0.2, 0.25) is 5.02 Å². The van der Waals surface area contributed by atoms with Crippen molar-refractivity contribution in [3.05, 3.63) is 118 Å². The third-order valence-electron chi connectivity index (χ3n) is 7.93. The number of nitrogens with one attached hydrogen (secondary N) is 1. The van der Waals surface area contributed by atoms with Crippen molar-refractivity contribution in [3.8, 4) is 0 Å². The van der Waals surface area contributed by atoms with E-state index in [2.05, 4.69) is 5.32 Å². The second-order valence-corrected chi connectivity index (χ2v) is 10.5. The second kappa shape index (κ2) is 12.7. The van der Waals surface area contributed by atoms with Gasteiger partial charge < -0.3 is 25.0 Å². The number of benzene rings is 3. The molecular formula is C32H34ClNO6. The van der Waals surface area contributed by atoms with Gasteiger partial charge in [0.2, 0.25) is 0 Å². The van der Waals surface area contributed by atoms with Gasteiger partial charge in [0, 0.05) is 36.8 Å². The predicted octanol–water partition coefficient (Wildman–Crippen LogP) is 6.06. The average Bonchev–Trinajstić information content (AvgIpc) is 2.95. The lowest BCUT2D eigenvalue weighted by Gasteiger charge is -2.50. The molecule has 1 aliphatic rings. The molecule has 3 unspecified atom stereocenters. The van der Waals surface area contributed by atoms with Gasteiger partial charge in [0.05, 0.1) is 11.6 Å². The van der Waals surface area contributed by atoms with Gasteiger partial charge in [0.15, 0.2) is 6.29 Å². The Hall–Kier alpha value is -3.65. The maximum atomic E-state index is 13.7. The zero-order valence-corrected chi connectivity index (χ0v) is 23.5. The highest BCUT2D eigenvalue weighted by atomic mass is 35.5. The number of carboxylic acid groups (broad SMARTS) is 2. The van der Waals surface area contributed by atoms with Crippen LogP contribution >= 0.6 is 11.6 Å². The molecule has 0 saturated carbocycles. The second-order valence-electron chi connectivity index (χ2n) is 10.1. The zero-order chi connectivity index (χ0) is 28.9. The number of rotatable bonds is 11. The predicted molar refractivity (Wildman–Crippen MR) is 153 cm³/mol. The summed E-state index contributed by atoms with van der Waals surface area (Å²) < 4.78 is 11.3. The summed E-state index contributed by atoms with van der Waals surface area (Å²) in [5.74, 6) is -3.54. The standard InChI is InChI=1S/C32H34ClNO6/c1-20-26(29(35)36)27(23-15-10-16-24(33)19-23)32(31(37)38,28(34-20)30(39-2)40-3)18-17-25(21-11-6-4-7-12-21)22-13-8-5-9-14-22/h4-16,19,25,27-28,30,34H,17-18H2,1-3H3,(H,35,36)(H,37,38). The maximum Gasteiger partial charge on any atom is 0.333 e. The lowest BCUT2D eigenvalue weighted by Crippen LogP contribution is -2.63. The Labute approximate surface area is 239 Å². The summed E-state index contributed by atoms with van der Waals surface area (Å²) in [5.41, 5.74) is 1.21. The van der Waals surface area contributed by atoms with Gasteiger partial charge in [-0.15, -0.1) is 0 Å². The third kappa shape index (κ3) is 5.63. The Morgan fingerprint density at radius 3 is 1.98 bits per heavy atom. The number of aliphatic carboxylic acids is 2. The van der Waals surface area contributed by atoms with Crippen LogP contribution in [-0.2, 0) is 19.1 Å². The molecular weight excluding hydrogens is 530 g/mol. The fourth-order valence-electron chi connectivity index (χ4n) is 6.15. The van der Waals surface area contributed by atoms with Crippen molar-refractivity contribution < 1.29 is 29.3 Å². The van der Waals surface area contributed by atoms with Crippen LogP contribution in [0.3, 0.4) is 0 Å². The van der Waals surface area contributed by atoms with E-state index in [9.17, 15) is 19.8 Å². The summed E-state index contributed by atoms with van der Waals surface area (Å²) >= 11 is 6.37. The van der Waals surface area contributed by atoms with Gasteiger partial charge in [-0.05, 0) is 48.6 Å². The van der Waals surface area contributed by atoms with E-state index in [1.165, 1.54) is 14.2 Å². The number of carboxylic acids is 2. The van der Waals surface area contributed by atoms with Gasteiger partial charge in [-0.25, -0.2) is 4.79 Å². The highest BCUT2D eigenvalue weighted by Crippen LogP contribution is 2.53. The molecule has 0 spiro atoms. The van der Waals surface area contributed by atoms with Crippen LogP contribution < -0.4 is 5.32 Å². The minimum Gasteiger partial charge on any atom is -0.481 e. The fraction of sp³-hybridized carbons (Fsp3) is 0.312. The SMILES string of the molecule is COC(OC)C1NC(C)=C(C(=O)O)C(c2cccc(Cl)c2)C1(CCC(c1ccccc1)c1ccccc1)C(=O)O. The monoisotopic (exact) mass is 563 g/mol. The molecule has 0 aromatic heterocycles. The van der Waals surface area contributed by atoms with E-state index in [0.29, 0.717) is 22.7 Å². The normalized spacial score (nSPS) is 20.9. The van der Waals surface area contributed by atoms with Crippen molar-refractivity contribution in [1.82, 2.24) is 5.32 Å². The highest BCUT2D eigenvalue weighted by Gasteiger charge is 2.60. The molecule has 0 aliphatic carbocycles. The largest absolute Gasteiger partial charge is 0.481 e. The Morgan fingerprint density at radius 1 is 0.925 bits per heavy atom. The Balaban J connectivity index is 1.94. The molecule has 3 aromatic rings. The average molecular weight is 564 g/mol. The summed E-state index contributed by atoms with van der Waals surface area (Å²) in [6.45, 7) is 1.64. The number of hydrogen-bond donors (Lipinski definition) is 3. The van der Waals surface area contributed by atoms with Crippen LogP contribution in [0.15, 0.2) is 96.2 Å². The number of halogens is 1. The summed E-state index contributed by atoms with van der Waals surface area (Å²) in [7, 11) is 2.89. The van der Waals surface area contributed by atoms with Crippen molar-refractivity contribution in [3.63, 3.8) is 0 Å². The van der Waals surface area contributed by atoms with Gasteiger partial charge in [-0.1, -0.05) is 84.4 Å². The van der Waals surface area contributed by atoms with E-state index >= 15 is 0 Å². The lowest BCUT2D eigenvalue weighted by molar-refractivity contribution is -0.178. The quantitative estimate of drug-likeness (QED) is 0.244. The molecule has 3 aromatic carbocycles. The van der Waals surface area contributed by atoms with Gasteiger partial charge in [-0.2, -0.15) is 0 Å². The Bertz CT molecular complexity index is 1320. The first-order chi connectivity index (χ1) is 19.2. The van der Waals surface area contributed by atoms with E-state index in [-0.39, 0.29) is 17.9 Å². The van der Waals surface area contributed by atoms with Gasteiger partial charge in [0.1, 0.15) is 5.41 Å². The van der Waals surface area contributed by atoms with E-state index in [0.717, 1.165) is 11.1 Å². The maximum absolute atomic E-state index is 13.7. The molecule has 3 N–H and O–H groups in total. The molecule has 1 heterocycles. The molecule has 0 amide bonds. The van der Waals surface area contributed by atoms with E-state index < -0.39 is 35.6 Å². The van der Waals surface area contributed by atoms with Crippen molar-refractivity contribution in [2.75, 3.05) is 14.2 Å². The molecule has 8 heteroatoms. The summed E-state index contributed by atoms with van der Waals surface area (Å²) in [4.78, 5) is 26.4. The first-order valence-electron chi connectivity index (χ1n) is 13.1. The summed E-state index contributed by atoms with van der Waals surface area (Å²) in [5, 5.41) is 25.1. The van der Waals surface area contributed by atoms with Crippen LogP contribution in [0.25, 0.3) is 0 Å². The molecule has 210 valence electrons. The van der Waals surface area contributed by atoms with Gasteiger partial charge in [0.25, 0.3) is 0 Å². The molecule has 7 nitrogen and oxygen atoms in total. The highest BCUT2D eigenvalue weighted by molar-refractivity contribution is 6.30. The summed E-state index contributed by atoms with van der Waals surface area (Å²) in [6.07, 6.45) is -0.449. The third-order valence-corrected chi connectivity index (χ3v) is 8.17.